The van der Waals surface area contributed by atoms with Gasteiger partial charge in [-0.25, -0.2) is 4.39 Å². The maximum atomic E-state index is 12.7. The third-order valence-corrected chi connectivity index (χ3v) is 5.85. The number of carbonyl (C=O) groups is 1. The Labute approximate surface area is 201 Å². The second kappa shape index (κ2) is 12.5. The first-order valence-electron chi connectivity index (χ1n) is 11.4. The molecule has 0 unspecified atom stereocenters. The molecule has 1 aliphatic rings. The van der Waals surface area contributed by atoms with Crippen molar-refractivity contribution in [1.82, 2.24) is 10.2 Å². The molecule has 2 aromatic rings. The zero-order valence-electron chi connectivity index (χ0n) is 20.1. The van der Waals surface area contributed by atoms with Gasteiger partial charge in [-0.2, -0.15) is 0 Å². The van der Waals surface area contributed by atoms with Gasteiger partial charge in [0.2, 0.25) is 0 Å². The van der Waals surface area contributed by atoms with E-state index in [4.69, 9.17) is 26.8 Å². The van der Waals surface area contributed by atoms with Crippen LogP contribution in [0.25, 0.3) is 0 Å². The number of alkyl halides is 1. The van der Waals surface area contributed by atoms with Gasteiger partial charge in [0.05, 0.1) is 26.9 Å². The third-order valence-electron chi connectivity index (χ3n) is 5.85. The molecule has 1 amide bonds. The van der Waals surface area contributed by atoms with Crippen molar-refractivity contribution >= 4 is 19.2 Å². The number of ether oxygens (including phenoxy) is 4. The largest absolute Gasteiger partial charge is 0.493 e. The highest BCUT2D eigenvalue weighted by molar-refractivity contribution is 6.33. The van der Waals surface area contributed by atoms with E-state index < -0.39 is 6.67 Å². The highest BCUT2D eigenvalue weighted by Crippen LogP contribution is 2.33. The van der Waals surface area contributed by atoms with Gasteiger partial charge in [-0.1, -0.05) is 11.5 Å². The summed E-state index contributed by atoms with van der Waals surface area (Å²) >= 11 is 0. The summed E-state index contributed by atoms with van der Waals surface area (Å²) in [7, 11) is 10.6. The number of unbranched alkanes of at least 4 members (excludes halogenated alkanes) is 1. The Morgan fingerprint density at radius 1 is 1.03 bits per heavy atom. The Hall–Kier alpha value is -2.94. The monoisotopic (exact) mass is 470 g/mol. The van der Waals surface area contributed by atoms with Crippen LogP contribution >= 0.6 is 0 Å². The standard InChI is InChI=1S/C25H32BFN2O5/c1-31-21-12-17-6-10-29(16-18(17)13-22(21)32-2)9-5-4-8-28-25(30)20-14-19(26)15-23(33-3)24(20)34-11-7-27/h12-15H,4-11,16H2,1-3H3,(H,28,30). The molecule has 0 atom stereocenters. The van der Waals surface area contributed by atoms with E-state index in [9.17, 15) is 9.18 Å². The normalized spacial score (nSPS) is 13.2. The fraction of sp³-hybridized carbons (Fsp3) is 0.480. The van der Waals surface area contributed by atoms with Crippen LogP contribution in [0.1, 0.15) is 34.3 Å². The van der Waals surface area contributed by atoms with Crippen molar-refractivity contribution in [3.63, 3.8) is 0 Å². The summed E-state index contributed by atoms with van der Waals surface area (Å²) in [6.07, 6.45) is 2.72. The zero-order chi connectivity index (χ0) is 24.5. The second-order valence-corrected chi connectivity index (χ2v) is 8.10. The first-order chi connectivity index (χ1) is 16.5. The molecule has 0 aromatic heterocycles. The number of carbonyl (C=O) groups excluding carboxylic acids is 1. The minimum atomic E-state index is -0.671. The molecular formula is C25H32BFN2O5. The van der Waals surface area contributed by atoms with Gasteiger partial charge in [0, 0.05) is 19.6 Å². The predicted octanol–water partition coefficient (Wildman–Crippen LogP) is 2.42. The van der Waals surface area contributed by atoms with Crippen molar-refractivity contribution in [2.45, 2.75) is 25.8 Å². The Bertz CT molecular complexity index is 988. The van der Waals surface area contributed by atoms with Crippen molar-refractivity contribution in [2.75, 3.05) is 54.2 Å². The number of nitrogens with zero attached hydrogens (tertiary/aromatic N) is 1. The van der Waals surface area contributed by atoms with Crippen LogP contribution in [-0.2, 0) is 13.0 Å². The van der Waals surface area contributed by atoms with E-state index in [0.717, 1.165) is 50.4 Å². The molecule has 0 fully saturated rings. The summed E-state index contributed by atoms with van der Waals surface area (Å²) in [5.74, 6) is 1.69. The highest BCUT2D eigenvalue weighted by Gasteiger charge is 2.20. The van der Waals surface area contributed by atoms with Gasteiger partial charge < -0.3 is 24.3 Å². The van der Waals surface area contributed by atoms with Crippen LogP contribution in [0.5, 0.6) is 23.0 Å². The first-order valence-corrected chi connectivity index (χ1v) is 11.4. The molecule has 3 rings (SSSR count). The molecule has 1 N–H and O–H groups in total. The van der Waals surface area contributed by atoms with Crippen LogP contribution in [0.3, 0.4) is 0 Å². The molecular weight excluding hydrogens is 438 g/mol. The van der Waals surface area contributed by atoms with Crippen molar-refractivity contribution in [2.24, 2.45) is 0 Å². The summed E-state index contributed by atoms with van der Waals surface area (Å²) in [5.41, 5.74) is 3.16. The molecule has 34 heavy (non-hydrogen) atoms. The molecule has 1 aliphatic heterocycles. The molecule has 9 heteroatoms. The number of hydrogen-bond acceptors (Lipinski definition) is 6. The van der Waals surface area contributed by atoms with Gasteiger partial charge in [0.15, 0.2) is 23.0 Å². The molecule has 1 heterocycles. The van der Waals surface area contributed by atoms with Crippen LogP contribution in [0.4, 0.5) is 4.39 Å². The lowest BCUT2D eigenvalue weighted by Gasteiger charge is -2.29. The topological polar surface area (TPSA) is 69.3 Å². The van der Waals surface area contributed by atoms with Crippen molar-refractivity contribution in [3.8, 4) is 23.0 Å². The molecule has 0 aliphatic carbocycles. The second-order valence-electron chi connectivity index (χ2n) is 8.10. The van der Waals surface area contributed by atoms with Gasteiger partial charge in [0.25, 0.3) is 5.91 Å². The average Bonchev–Trinajstić information content (AvgIpc) is 2.85. The van der Waals surface area contributed by atoms with Crippen LogP contribution in [0.15, 0.2) is 24.3 Å². The number of amides is 1. The average molecular weight is 470 g/mol. The minimum absolute atomic E-state index is 0.168. The van der Waals surface area contributed by atoms with Gasteiger partial charge in [-0.15, -0.1) is 0 Å². The van der Waals surface area contributed by atoms with E-state index in [1.165, 1.54) is 24.3 Å². The van der Waals surface area contributed by atoms with E-state index in [2.05, 4.69) is 22.3 Å². The van der Waals surface area contributed by atoms with E-state index in [1.54, 1.807) is 20.3 Å². The van der Waals surface area contributed by atoms with Crippen LogP contribution in [0.2, 0.25) is 0 Å². The smallest absolute Gasteiger partial charge is 0.255 e. The Balaban J connectivity index is 1.49. The number of fused-ring (bicyclic) bond motifs is 1. The lowest BCUT2D eigenvalue weighted by atomic mass is 9.93. The maximum Gasteiger partial charge on any atom is 0.255 e. The summed E-state index contributed by atoms with van der Waals surface area (Å²) in [6, 6.07) is 7.19. The SMILES string of the molecule is [B]c1cc(OC)c(OCCF)c(C(=O)NCCCCN2CCc3cc(OC)c(OC)cc3C2)c1. The van der Waals surface area contributed by atoms with E-state index in [1.807, 2.05) is 0 Å². The van der Waals surface area contributed by atoms with E-state index in [-0.39, 0.29) is 23.8 Å². The fourth-order valence-electron chi connectivity index (χ4n) is 4.12. The van der Waals surface area contributed by atoms with Crippen molar-refractivity contribution in [3.05, 3.63) is 41.0 Å². The highest BCUT2D eigenvalue weighted by atomic mass is 19.1. The summed E-state index contributed by atoms with van der Waals surface area (Å²) in [5, 5.41) is 2.90. The molecule has 0 bridgehead atoms. The van der Waals surface area contributed by atoms with Crippen LogP contribution < -0.4 is 29.7 Å². The lowest BCUT2D eigenvalue weighted by molar-refractivity contribution is 0.0947. The number of rotatable bonds is 12. The summed E-state index contributed by atoms with van der Waals surface area (Å²) in [6.45, 7) is 2.44. The quantitative estimate of drug-likeness (QED) is 0.380. The molecule has 0 saturated carbocycles. The Morgan fingerprint density at radius 2 is 1.74 bits per heavy atom. The van der Waals surface area contributed by atoms with Gasteiger partial charge >= 0.3 is 0 Å². The summed E-state index contributed by atoms with van der Waals surface area (Å²) < 4.78 is 34.1. The Morgan fingerprint density at radius 3 is 2.41 bits per heavy atom. The molecule has 182 valence electrons. The molecule has 0 saturated heterocycles. The first kappa shape index (κ1) is 25.7. The number of hydrogen-bond donors (Lipinski definition) is 1. The molecule has 7 nitrogen and oxygen atoms in total. The third kappa shape index (κ3) is 6.35. The van der Waals surface area contributed by atoms with Crippen molar-refractivity contribution < 1.29 is 28.1 Å². The van der Waals surface area contributed by atoms with Gasteiger partial charge in [0.1, 0.15) is 21.1 Å². The van der Waals surface area contributed by atoms with E-state index >= 15 is 0 Å². The van der Waals surface area contributed by atoms with Crippen LogP contribution in [0, 0.1) is 0 Å². The van der Waals surface area contributed by atoms with E-state index in [0.29, 0.717) is 17.8 Å². The molecule has 2 aromatic carbocycles. The zero-order valence-corrected chi connectivity index (χ0v) is 20.1. The lowest BCUT2D eigenvalue weighted by Crippen LogP contribution is -2.32. The predicted molar refractivity (Wildman–Crippen MR) is 130 cm³/mol. The number of halogens is 1. The van der Waals surface area contributed by atoms with Crippen molar-refractivity contribution in [1.29, 1.82) is 0 Å². The number of benzene rings is 2. The number of nitrogens with one attached hydrogen (secondary N) is 1. The van der Waals surface area contributed by atoms with Gasteiger partial charge in [-0.05, 0) is 55.1 Å². The van der Waals surface area contributed by atoms with Crippen LogP contribution in [-0.4, -0.2) is 72.9 Å². The Kier molecular flexibility index (Phi) is 9.45. The summed E-state index contributed by atoms with van der Waals surface area (Å²) in [4.78, 5) is 15.1. The molecule has 2 radical (unpaired) electrons. The number of methoxy groups -OCH3 is 3. The van der Waals surface area contributed by atoms with Gasteiger partial charge in [-0.3, -0.25) is 9.69 Å². The molecule has 0 spiro atoms. The minimum Gasteiger partial charge on any atom is -0.493 e. The maximum absolute atomic E-state index is 12.7. The fourth-order valence-corrected chi connectivity index (χ4v) is 4.12.